The molecule has 23 heavy (non-hydrogen) atoms. The molecule has 0 radical (unpaired) electrons. The van der Waals surface area contributed by atoms with Gasteiger partial charge in [0.2, 0.25) is 11.8 Å². The molecule has 0 bridgehead atoms. The summed E-state index contributed by atoms with van der Waals surface area (Å²) in [5.74, 6) is -0.498. The van der Waals surface area contributed by atoms with Crippen molar-refractivity contribution < 1.29 is 9.59 Å². The highest BCUT2D eigenvalue weighted by Crippen LogP contribution is 2.25. The number of nitrogens with one attached hydrogen (secondary N) is 1. The lowest BCUT2D eigenvalue weighted by molar-refractivity contribution is -0.122. The van der Waals surface area contributed by atoms with E-state index in [1.54, 1.807) is 23.4 Å². The first-order valence-electron chi connectivity index (χ1n) is 7.77. The number of rotatable bonds is 4. The Bertz CT molecular complexity index is 698. The maximum absolute atomic E-state index is 12.4. The van der Waals surface area contributed by atoms with Crippen molar-refractivity contribution >= 4 is 23.2 Å². The van der Waals surface area contributed by atoms with Crippen LogP contribution in [0.1, 0.15) is 18.9 Å². The van der Waals surface area contributed by atoms with Gasteiger partial charge in [-0.05, 0) is 36.2 Å². The van der Waals surface area contributed by atoms with Crippen molar-refractivity contribution in [2.75, 3.05) is 16.8 Å². The van der Waals surface area contributed by atoms with Crippen LogP contribution in [0, 0.1) is 5.92 Å². The molecule has 0 aliphatic carbocycles. The van der Waals surface area contributed by atoms with E-state index in [0.717, 1.165) is 17.8 Å². The van der Waals surface area contributed by atoms with E-state index in [1.807, 2.05) is 30.3 Å². The molecule has 0 spiro atoms. The Morgan fingerprint density at radius 2 is 2.09 bits per heavy atom. The number of anilines is 2. The number of carbonyl (C=O) groups is 2. The van der Waals surface area contributed by atoms with E-state index in [2.05, 4.69) is 17.2 Å². The van der Waals surface area contributed by atoms with E-state index in [9.17, 15) is 9.59 Å². The van der Waals surface area contributed by atoms with Crippen molar-refractivity contribution in [1.82, 2.24) is 4.98 Å². The Balaban J connectivity index is 1.65. The van der Waals surface area contributed by atoms with Crippen molar-refractivity contribution in [2.24, 2.45) is 5.92 Å². The zero-order chi connectivity index (χ0) is 16.2. The van der Waals surface area contributed by atoms with E-state index in [4.69, 9.17) is 0 Å². The third-order valence-corrected chi connectivity index (χ3v) is 4.08. The summed E-state index contributed by atoms with van der Waals surface area (Å²) in [6.45, 7) is 2.48. The third kappa shape index (κ3) is 3.39. The van der Waals surface area contributed by atoms with Crippen LogP contribution < -0.4 is 10.2 Å². The summed E-state index contributed by atoms with van der Waals surface area (Å²) in [5.41, 5.74) is 2.72. The lowest BCUT2D eigenvalue weighted by Gasteiger charge is -2.16. The molecule has 1 aromatic heterocycles. The number of carbonyl (C=O) groups excluding carboxylic acids is 2. The summed E-state index contributed by atoms with van der Waals surface area (Å²) >= 11 is 0. The van der Waals surface area contributed by atoms with Crippen LogP contribution in [0.5, 0.6) is 0 Å². The number of amides is 2. The van der Waals surface area contributed by atoms with Gasteiger partial charge in [-0.15, -0.1) is 0 Å². The van der Waals surface area contributed by atoms with Crippen molar-refractivity contribution in [3.8, 4) is 0 Å². The molecule has 3 rings (SSSR count). The molecule has 1 aromatic carbocycles. The number of nitrogens with zero attached hydrogens (tertiary/aromatic N) is 2. The fourth-order valence-electron chi connectivity index (χ4n) is 2.71. The maximum atomic E-state index is 12.4. The largest absolute Gasteiger partial charge is 0.326 e. The van der Waals surface area contributed by atoms with E-state index in [1.165, 1.54) is 5.56 Å². The molecule has 0 saturated carbocycles. The van der Waals surface area contributed by atoms with Crippen LogP contribution in [0.4, 0.5) is 11.4 Å². The summed E-state index contributed by atoms with van der Waals surface area (Å²) in [6, 6.07) is 11.4. The predicted octanol–water partition coefficient (Wildman–Crippen LogP) is 2.64. The molecular formula is C18H19N3O2. The summed E-state index contributed by atoms with van der Waals surface area (Å²) < 4.78 is 0. The molecule has 1 N–H and O–H groups in total. The molecule has 2 heterocycles. The van der Waals surface area contributed by atoms with Crippen LogP contribution >= 0.6 is 0 Å². The Kier molecular flexibility index (Phi) is 4.37. The van der Waals surface area contributed by atoms with Crippen molar-refractivity contribution in [3.05, 3.63) is 54.4 Å². The van der Waals surface area contributed by atoms with Gasteiger partial charge in [0.05, 0.1) is 17.8 Å². The normalized spacial score (nSPS) is 17.3. The Hall–Kier alpha value is -2.69. The highest BCUT2D eigenvalue weighted by molar-refractivity contribution is 6.03. The minimum atomic E-state index is -0.339. The Labute approximate surface area is 135 Å². The molecular weight excluding hydrogens is 290 g/mol. The molecule has 1 fully saturated rings. The van der Waals surface area contributed by atoms with Gasteiger partial charge in [0.15, 0.2) is 0 Å². The monoisotopic (exact) mass is 309 g/mol. The molecule has 1 atom stereocenters. The average molecular weight is 309 g/mol. The summed E-state index contributed by atoms with van der Waals surface area (Å²) in [5, 5.41) is 2.89. The first-order chi connectivity index (χ1) is 11.2. The number of pyridine rings is 1. The van der Waals surface area contributed by atoms with Gasteiger partial charge in [0, 0.05) is 24.8 Å². The van der Waals surface area contributed by atoms with Crippen LogP contribution in [0.3, 0.4) is 0 Å². The maximum Gasteiger partial charge on any atom is 0.229 e. The number of aromatic nitrogens is 1. The fourth-order valence-corrected chi connectivity index (χ4v) is 2.71. The molecule has 2 amide bonds. The van der Waals surface area contributed by atoms with Gasteiger partial charge >= 0.3 is 0 Å². The summed E-state index contributed by atoms with van der Waals surface area (Å²) in [6.07, 6.45) is 4.50. The molecule has 1 aliphatic heterocycles. The van der Waals surface area contributed by atoms with Gasteiger partial charge in [-0.2, -0.15) is 0 Å². The van der Waals surface area contributed by atoms with Gasteiger partial charge < -0.3 is 10.2 Å². The van der Waals surface area contributed by atoms with Crippen LogP contribution in [0.25, 0.3) is 0 Å². The zero-order valence-corrected chi connectivity index (χ0v) is 13.0. The van der Waals surface area contributed by atoms with Crippen LogP contribution in [0.15, 0.2) is 48.8 Å². The van der Waals surface area contributed by atoms with Crippen molar-refractivity contribution in [1.29, 1.82) is 0 Å². The smallest absolute Gasteiger partial charge is 0.229 e. The minimum Gasteiger partial charge on any atom is -0.326 e. The highest BCUT2D eigenvalue weighted by atomic mass is 16.2. The highest BCUT2D eigenvalue weighted by Gasteiger charge is 2.35. The quantitative estimate of drug-likeness (QED) is 0.944. The summed E-state index contributed by atoms with van der Waals surface area (Å²) in [7, 11) is 0. The average Bonchev–Trinajstić information content (AvgIpc) is 2.98. The van der Waals surface area contributed by atoms with Crippen molar-refractivity contribution in [3.63, 3.8) is 0 Å². The minimum absolute atomic E-state index is 0.0421. The lowest BCUT2D eigenvalue weighted by Crippen LogP contribution is -2.28. The van der Waals surface area contributed by atoms with Gasteiger partial charge in [-0.25, -0.2) is 0 Å². The van der Waals surface area contributed by atoms with Gasteiger partial charge in [0.25, 0.3) is 0 Å². The second kappa shape index (κ2) is 6.60. The van der Waals surface area contributed by atoms with Gasteiger partial charge in [0.1, 0.15) is 0 Å². The first kappa shape index (κ1) is 15.2. The molecule has 1 saturated heterocycles. The van der Waals surface area contributed by atoms with Gasteiger partial charge in [-0.1, -0.05) is 19.1 Å². The van der Waals surface area contributed by atoms with E-state index in [0.29, 0.717) is 6.54 Å². The zero-order valence-electron chi connectivity index (χ0n) is 13.0. The Morgan fingerprint density at radius 1 is 1.30 bits per heavy atom. The van der Waals surface area contributed by atoms with E-state index >= 15 is 0 Å². The molecule has 2 aromatic rings. The fraction of sp³-hybridized carbons (Fsp3) is 0.278. The second-order valence-corrected chi connectivity index (χ2v) is 5.66. The number of hydrogen-bond donors (Lipinski definition) is 1. The Morgan fingerprint density at radius 3 is 2.74 bits per heavy atom. The molecule has 118 valence electrons. The number of benzene rings is 1. The molecule has 1 aliphatic rings. The molecule has 1 unspecified atom stereocenters. The lowest BCUT2D eigenvalue weighted by atomic mass is 10.1. The van der Waals surface area contributed by atoms with E-state index in [-0.39, 0.29) is 24.2 Å². The van der Waals surface area contributed by atoms with E-state index < -0.39 is 0 Å². The SMILES string of the molecule is CCc1ccc(NC(=O)C2CC(=O)N(c3cccnc3)C2)cc1. The van der Waals surface area contributed by atoms with Crippen LogP contribution in [0.2, 0.25) is 0 Å². The second-order valence-electron chi connectivity index (χ2n) is 5.66. The number of aryl methyl sites for hydroxylation is 1. The van der Waals surface area contributed by atoms with Gasteiger partial charge in [-0.3, -0.25) is 14.6 Å². The predicted molar refractivity (Wildman–Crippen MR) is 89.1 cm³/mol. The van der Waals surface area contributed by atoms with Crippen molar-refractivity contribution in [2.45, 2.75) is 19.8 Å². The topological polar surface area (TPSA) is 62.3 Å². The van der Waals surface area contributed by atoms with Crippen LogP contribution in [-0.2, 0) is 16.0 Å². The van der Waals surface area contributed by atoms with Crippen LogP contribution in [-0.4, -0.2) is 23.3 Å². The first-order valence-corrected chi connectivity index (χ1v) is 7.77. The number of hydrogen-bond acceptors (Lipinski definition) is 3. The molecule has 5 heteroatoms. The summed E-state index contributed by atoms with van der Waals surface area (Å²) in [4.78, 5) is 30.2. The third-order valence-electron chi connectivity index (χ3n) is 4.08. The standard InChI is InChI=1S/C18H19N3O2/c1-2-13-5-7-15(8-6-13)20-18(23)14-10-17(22)21(12-14)16-4-3-9-19-11-16/h3-9,11,14H,2,10,12H2,1H3,(H,20,23). The molecule has 5 nitrogen and oxygen atoms in total.